The fourth-order valence-electron chi connectivity index (χ4n) is 2.01. The Morgan fingerprint density at radius 3 is 2.55 bits per heavy atom. The lowest BCUT2D eigenvalue weighted by molar-refractivity contribution is 0.0827. The smallest absolute Gasteiger partial charge is 0.253 e. The van der Waals surface area contributed by atoms with Crippen molar-refractivity contribution >= 4 is 17.3 Å². The van der Waals surface area contributed by atoms with Crippen molar-refractivity contribution in [3.63, 3.8) is 0 Å². The Morgan fingerprint density at radius 1 is 1.40 bits per heavy atom. The molecular weight excluding hydrogens is 252 g/mol. The Morgan fingerprint density at radius 2 is 2.05 bits per heavy atom. The maximum Gasteiger partial charge on any atom is 0.253 e. The van der Waals surface area contributed by atoms with E-state index in [-0.39, 0.29) is 11.9 Å². The van der Waals surface area contributed by atoms with Crippen molar-refractivity contribution in [3.05, 3.63) is 23.8 Å². The molecular formula is C15H22N4O. The van der Waals surface area contributed by atoms with Gasteiger partial charge in [-0.15, -0.1) is 0 Å². The molecule has 1 rings (SSSR count). The number of carbonyl (C=O) groups is 1. The number of carbonyl (C=O) groups excluding carboxylic acids is 1. The molecule has 0 aliphatic carbocycles. The zero-order chi connectivity index (χ0) is 15.3. The quantitative estimate of drug-likeness (QED) is 0.834. The molecule has 20 heavy (non-hydrogen) atoms. The summed E-state index contributed by atoms with van der Waals surface area (Å²) in [6.07, 6.45) is 0.420. The molecule has 0 atom stereocenters. The highest BCUT2D eigenvalue weighted by Crippen LogP contribution is 2.27. The van der Waals surface area contributed by atoms with Gasteiger partial charge in [-0.05, 0) is 32.0 Å². The van der Waals surface area contributed by atoms with Crippen LogP contribution >= 0.6 is 0 Å². The molecule has 1 amide bonds. The van der Waals surface area contributed by atoms with E-state index >= 15 is 0 Å². The summed E-state index contributed by atoms with van der Waals surface area (Å²) in [7, 11) is 3.43. The van der Waals surface area contributed by atoms with E-state index in [1.807, 2.05) is 18.7 Å². The number of hydrogen-bond acceptors (Lipinski definition) is 4. The number of nitrogen functional groups attached to an aromatic ring is 1. The Bertz CT molecular complexity index is 517. The van der Waals surface area contributed by atoms with Crippen LogP contribution in [0.2, 0.25) is 0 Å². The number of nitrogens with zero attached hydrogens (tertiary/aromatic N) is 3. The molecule has 2 N–H and O–H groups in total. The van der Waals surface area contributed by atoms with Crippen LogP contribution < -0.4 is 10.6 Å². The summed E-state index contributed by atoms with van der Waals surface area (Å²) in [5.41, 5.74) is 8.05. The van der Waals surface area contributed by atoms with Crippen molar-refractivity contribution in [1.82, 2.24) is 4.90 Å². The predicted molar refractivity (Wildman–Crippen MR) is 81.6 cm³/mol. The van der Waals surface area contributed by atoms with Gasteiger partial charge in [-0.2, -0.15) is 5.26 Å². The van der Waals surface area contributed by atoms with Gasteiger partial charge < -0.3 is 15.5 Å². The van der Waals surface area contributed by atoms with Gasteiger partial charge in [0, 0.05) is 32.2 Å². The van der Waals surface area contributed by atoms with Gasteiger partial charge in [-0.3, -0.25) is 4.79 Å². The minimum Gasteiger partial charge on any atom is -0.397 e. The normalized spacial score (nSPS) is 10.2. The first kappa shape index (κ1) is 15.8. The summed E-state index contributed by atoms with van der Waals surface area (Å²) in [5.74, 6) is -0.0600. The first-order chi connectivity index (χ1) is 9.38. The minimum atomic E-state index is -0.0600. The van der Waals surface area contributed by atoms with Crippen LogP contribution in [-0.2, 0) is 0 Å². The van der Waals surface area contributed by atoms with E-state index in [0.29, 0.717) is 24.2 Å². The first-order valence-electron chi connectivity index (χ1n) is 6.63. The van der Waals surface area contributed by atoms with Gasteiger partial charge in [0.05, 0.1) is 23.9 Å². The van der Waals surface area contributed by atoms with Gasteiger partial charge in [0.25, 0.3) is 5.91 Å². The van der Waals surface area contributed by atoms with Crippen LogP contribution in [-0.4, -0.2) is 37.5 Å². The molecule has 0 fully saturated rings. The standard InChI is InChI=1S/C15H22N4O/c1-11(2)19(9-5-8-16)14-10-12(6-7-13(14)17)15(20)18(3)4/h6-7,10-11H,5,9,17H2,1-4H3. The monoisotopic (exact) mass is 274 g/mol. The summed E-state index contributed by atoms with van der Waals surface area (Å²) in [6.45, 7) is 4.67. The maximum atomic E-state index is 12.0. The molecule has 1 aromatic carbocycles. The zero-order valence-corrected chi connectivity index (χ0v) is 12.6. The number of benzene rings is 1. The second-order valence-electron chi connectivity index (χ2n) is 5.17. The molecule has 0 saturated heterocycles. The first-order valence-corrected chi connectivity index (χ1v) is 6.63. The zero-order valence-electron chi connectivity index (χ0n) is 12.6. The lowest BCUT2D eigenvalue weighted by atomic mass is 10.1. The summed E-state index contributed by atoms with van der Waals surface area (Å²) >= 11 is 0. The van der Waals surface area contributed by atoms with Gasteiger partial charge in [0.2, 0.25) is 0 Å². The van der Waals surface area contributed by atoms with Crippen LogP contribution in [0.15, 0.2) is 18.2 Å². The van der Waals surface area contributed by atoms with Gasteiger partial charge in [0.15, 0.2) is 0 Å². The molecule has 5 heteroatoms. The molecule has 0 radical (unpaired) electrons. The van der Waals surface area contributed by atoms with Crippen LogP contribution in [0.1, 0.15) is 30.6 Å². The van der Waals surface area contributed by atoms with E-state index < -0.39 is 0 Å². The molecule has 1 aromatic rings. The van der Waals surface area contributed by atoms with Crippen LogP contribution in [0.25, 0.3) is 0 Å². The third-order valence-electron chi connectivity index (χ3n) is 3.08. The number of nitrogens with two attached hydrogens (primary N) is 1. The topological polar surface area (TPSA) is 73.4 Å². The third kappa shape index (κ3) is 3.64. The molecule has 0 aliphatic rings. The molecule has 5 nitrogen and oxygen atoms in total. The second kappa shape index (κ2) is 6.80. The largest absolute Gasteiger partial charge is 0.397 e. The van der Waals surface area contributed by atoms with E-state index in [0.717, 1.165) is 5.69 Å². The van der Waals surface area contributed by atoms with Crippen molar-refractivity contribution < 1.29 is 4.79 Å². The molecule has 0 heterocycles. The lowest BCUT2D eigenvalue weighted by Gasteiger charge is -2.29. The predicted octanol–water partition coefficient (Wildman–Crippen LogP) is 2.10. The SMILES string of the molecule is CC(C)N(CCC#N)c1cc(C(=O)N(C)C)ccc1N. The Hall–Kier alpha value is -2.22. The maximum absolute atomic E-state index is 12.0. The molecule has 0 saturated carbocycles. The average Bonchev–Trinajstić information content (AvgIpc) is 2.39. The van der Waals surface area contributed by atoms with Gasteiger partial charge in [-0.25, -0.2) is 0 Å². The van der Waals surface area contributed by atoms with E-state index in [2.05, 4.69) is 6.07 Å². The van der Waals surface area contributed by atoms with Crippen LogP contribution in [0, 0.1) is 11.3 Å². The highest BCUT2D eigenvalue weighted by atomic mass is 16.2. The van der Waals surface area contributed by atoms with Gasteiger partial charge in [-0.1, -0.05) is 0 Å². The summed E-state index contributed by atoms with van der Waals surface area (Å²) in [5, 5.41) is 8.76. The third-order valence-corrected chi connectivity index (χ3v) is 3.08. The highest BCUT2D eigenvalue weighted by molar-refractivity contribution is 5.96. The van der Waals surface area contributed by atoms with Gasteiger partial charge >= 0.3 is 0 Å². The number of amides is 1. The Kier molecular flexibility index (Phi) is 5.39. The van der Waals surface area contributed by atoms with Crippen molar-refractivity contribution in [2.45, 2.75) is 26.3 Å². The average molecular weight is 274 g/mol. The lowest BCUT2D eigenvalue weighted by Crippen LogP contribution is -2.32. The number of nitriles is 1. The molecule has 108 valence electrons. The van der Waals surface area contributed by atoms with Crippen LogP contribution in [0.5, 0.6) is 0 Å². The fourth-order valence-corrected chi connectivity index (χ4v) is 2.01. The number of anilines is 2. The van der Waals surface area contributed by atoms with Crippen LogP contribution in [0.3, 0.4) is 0 Å². The van der Waals surface area contributed by atoms with E-state index in [1.165, 1.54) is 4.90 Å². The second-order valence-corrected chi connectivity index (χ2v) is 5.17. The van der Waals surface area contributed by atoms with Crippen molar-refractivity contribution in [3.8, 4) is 6.07 Å². The molecule has 0 spiro atoms. The summed E-state index contributed by atoms with van der Waals surface area (Å²) < 4.78 is 0. The van der Waals surface area contributed by atoms with E-state index in [1.54, 1.807) is 32.3 Å². The van der Waals surface area contributed by atoms with Gasteiger partial charge in [0.1, 0.15) is 0 Å². The van der Waals surface area contributed by atoms with Crippen molar-refractivity contribution in [2.24, 2.45) is 0 Å². The molecule has 0 aromatic heterocycles. The van der Waals surface area contributed by atoms with E-state index in [9.17, 15) is 4.79 Å². The Labute approximate surface area is 120 Å². The number of rotatable bonds is 5. The van der Waals surface area contributed by atoms with Crippen LogP contribution in [0.4, 0.5) is 11.4 Å². The van der Waals surface area contributed by atoms with E-state index in [4.69, 9.17) is 11.0 Å². The fraction of sp³-hybridized carbons (Fsp3) is 0.467. The Balaban J connectivity index is 3.17. The molecule has 0 bridgehead atoms. The summed E-state index contributed by atoms with van der Waals surface area (Å²) in [4.78, 5) is 15.6. The molecule has 0 unspecified atom stereocenters. The summed E-state index contributed by atoms with van der Waals surface area (Å²) in [6, 6.07) is 7.61. The number of hydrogen-bond donors (Lipinski definition) is 1. The van der Waals surface area contributed by atoms with Crippen molar-refractivity contribution in [2.75, 3.05) is 31.3 Å². The van der Waals surface area contributed by atoms with Crippen molar-refractivity contribution in [1.29, 1.82) is 5.26 Å². The minimum absolute atomic E-state index is 0.0600. The molecule has 0 aliphatic heterocycles. The highest BCUT2D eigenvalue weighted by Gasteiger charge is 2.16.